The molecule has 0 radical (unpaired) electrons. The molecule has 0 aromatic carbocycles. The Morgan fingerprint density at radius 3 is 2.33 bits per heavy atom. The molecule has 1 aliphatic carbocycles. The molecule has 1 atom stereocenters. The van der Waals surface area contributed by atoms with E-state index in [9.17, 15) is 0 Å². The Morgan fingerprint density at radius 1 is 1.33 bits per heavy atom. The highest BCUT2D eigenvalue weighted by molar-refractivity contribution is 5.85. The summed E-state index contributed by atoms with van der Waals surface area (Å²) in [6.07, 6.45) is 4.27. The lowest BCUT2D eigenvalue weighted by Crippen LogP contribution is -2.40. The maximum atomic E-state index is 5.68. The first-order chi connectivity index (χ1) is 4.87. The molecule has 2 aliphatic rings. The van der Waals surface area contributed by atoms with Crippen LogP contribution in [0.25, 0.3) is 0 Å². The number of hydrogen-bond donors (Lipinski definition) is 2. The number of nitrogens with one attached hydrogen (secondary N) is 1. The molecular formula is C8H18Cl2N2. The van der Waals surface area contributed by atoms with E-state index in [0.717, 1.165) is 19.0 Å². The Kier molecular flexibility index (Phi) is 4.85. The van der Waals surface area contributed by atoms with Crippen molar-refractivity contribution in [3.63, 3.8) is 0 Å². The molecule has 0 aromatic rings. The fraction of sp³-hybridized carbons (Fsp3) is 1.00. The average Bonchev–Trinajstić information content (AvgIpc) is 2.27. The Labute approximate surface area is 86.5 Å². The Hall–Kier alpha value is 0.500. The van der Waals surface area contributed by atoms with Gasteiger partial charge in [-0.25, -0.2) is 0 Å². The van der Waals surface area contributed by atoms with Crippen LogP contribution in [0.4, 0.5) is 0 Å². The highest BCUT2D eigenvalue weighted by Crippen LogP contribution is 2.48. The fourth-order valence-corrected chi connectivity index (χ4v) is 2.41. The van der Waals surface area contributed by atoms with E-state index in [-0.39, 0.29) is 24.8 Å². The molecule has 1 saturated carbocycles. The summed E-state index contributed by atoms with van der Waals surface area (Å²) in [6, 6.07) is 0. The molecule has 2 fully saturated rings. The summed E-state index contributed by atoms with van der Waals surface area (Å²) in [6.45, 7) is 3.28. The van der Waals surface area contributed by atoms with E-state index < -0.39 is 0 Å². The van der Waals surface area contributed by atoms with Crippen molar-refractivity contribution in [1.29, 1.82) is 0 Å². The third-order valence-corrected chi connectivity index (χ3v) is 3.37. The second kappa shape index (κ2) is 4.66. The molecule has 74 valence electrons. The third-order valence-electron chi connectivity index (χ3n) is 3.37. The van der Waals surface area contributed by atoms with Crippen molar-refractivity contribution in [3.05, 3.63) is 0 Å². The minimum atomic E-state index is 0. The summed E-state index contributed by atoms with van der Waals surface area (Å²) in [4.78, 5) is 0. The molecule has 1 spiro atoms. The molecule has 0 amide bonds. The topological polar surface area (TPSA) is 38.0 Å². The minimum absolute atomic E-state index is 0. The Balaban J connectivity index is 0.000000605. The fourth-order valence-electron chi connectivity index (χ4n) is 2.41. The standard InChI is InChI=1S/C8H16N2.2ClH/c9-4-7-5-10-6-8(7)2-1-3-8;;/h7,10H,1-6,9H2;2*1H. The summed E-state index contributed by atoms with van der Waals surface area (Å²) >= 11 is 0. The first-order valence-electron chi connectivity index (χ1n) is 4.28. The SMILES string of the molecule is Cl.Cl.NCC1CNCC12CCC2. The molecule has 0 bridgehead atoms. The van der Waals surface area contributed by atoms with Crippen LogP contribution >= 0.6 is 24.8 Å². The van der Waals surface area contributed by atoms with E-state index >= 15 is 0 Å². The van der Waals surface area contributed by atoms with Gasteiger partial charge in [-0.15, -0.1) is 24.8 Å². The summed E-state index contributed by atoms with van der Waals surface area (Å²) < 4.78 is 0. The van der Waals surface area contributed by atoms with Gasteiger partial charge in [0.15, 0.2) is 0 Å². The minimum Gasteiger partial charge on any atom is -0.330 e. The van der Waals surface area contributed by atoms with Crippen molar-refractivity contribution in [2.45, 2.75) is 19.3 Å². The Morgan fingerprint density at radius 2 is 2.00 bits per heavy atom. The van der Waals surface area contributed by atoms with Gasteiger partial charge in [-0.1, -0.05) is 6.42 Å². The molecule has 0 aromatic heterocycles. The van der Waals surface area contributed by atoms with E-state index in [2.05, 4.69) is 5.32 Å². The van der Waals surface area contributed by atoms with Crippen molar-refractivity contribution < 1.29 is 0 Å². The van der Waals surface area contributed by atoms with Gasteiger partial charge in [0, 0.05) is 6.54 Å². The van der Waals surface area contributed by atoms with Gasteiger partial charge in [0.05, 0.1) is 0 Å². The third kappa shape index (κ3) is 1.72. The normalized spacial score (nSPS) is 30.2. The van der Waals surface area contributed by atoms with E-state index in [0.29, 0.717) is 5.41 Å². The molecular weight excluding hydrogens is 195 g/mol. The van der Waals surface area contributed by atoms with Crippen molar-refractivity contribution in [1.82, 2.24) is 5.32 Å². The van der Waals surface area contributed by atoms with Crippen LogP contribution in [-0.2, 0) is 0 Å². The Bertz CT molecular complexity index is 137. The zero-order valence-corrected chi connectivity index (χ0v) is 8.85. The highest BCUT2D eigenvalue weighted by atomic mass is 35.5. The van der Waals surface area contributed by atoms with Crippen LogP contribution < -0.4 is 11.1 Å². The second-order valence-corrected chi connectivity index (χ2v) is 3.78. The van der Waals surface area contributed by atoms with Crippen LogP contribution in [0.1, 0.15) is 19.3 Å². The first-order valence-corrected chi connectivity index (χ1v) is 4.28. The maximum absolute atomic E-state index is 5.68. The van der Waals surface area contributed by atoms with Crippen molar-refractivity contribution in [2.75, 3.05) is 19.6 Å². The summed E-state index contributed by atoms with van der Waals surface area (Å²) in [5, 5.41) is 3.44. The molecule has 2 rings (SSSR count). The largest absolute Gasteiger partial charge is 0.330 e. The van der Waals surface area contributed by atoms with E-state index in [1.807, 2.05) is 0 Å². The van der Waals surface area contributed by atoms with E-state index in [1.165, 1.54) is 25.8 Å². The van der Waals surface area contributed by atoms with Crippen LogP contribution in [0.5, 0.6) is 0 Å². The van der Waals surface area contributed by atoms with Gasteiger partial charge in [-0.2, -0.15) is 0 Å². The van der Waals surface area contributed by atoms with Crippen molar-refractivity contribution in [3.8, 4) is 0 Å². The quantitative estimate of drug-likeness (QED) is 0.686. The highest BCUT2D eigenvalue weighted by Gasteiger charge is 2.46. The van der Waals surface area contributed by atoms with Gasteiger partial charge in [0.1, 0.15) is 0 Å². The maximum Gasteiger partial charge on any atom is 0.00116 e. The molecule has 1 heterocycles. The van der Waals surface area contributed by atoms with Gasteiger partial charge in [0.2, 0.25) is 0 Å². The smallest absolute Gasteiger partial charge is 0.00116 e. The molecule has 12 heavy (non-hydrogen) atoms. The van der Waals surface area contributed by atoms with Gasteiger partial charge in [-0.05, 0) is 37.3 Å². The van der Waals surface area contributed by atoms with Crippen LogP contribution in [0, 0.1) is 11.3 Å². The lowest BCUT2D eigenvalue weighted by Gasteiger charge is -2.42. The first kappa shape index (κ1) is 12.5. The summed E-state index contributed by atoms with van der Waals surface area (Å²) in [7, 11) is 0. The van der Waals surface area contributed by atoms with Crippen LogP contribution in [0.2, 0.25) is 0 Å². The number of halogens is 2. The van der Waals surface area contributed by atoms with Gasteiger partial charge < -0.3 is 11.1 Å². The predicted molar refractivity (Wildman–Crippen MR) is 56.2 cm³/mol. The van der Waals surface area contributed by atoms with Crippen LogP contribution in [0.3, 0.4) is 0 Å². The molecule has 1 saturated heterocycles. The predicted octanol–water partition coefficient (Wildman–Crippen LogP) is 1.18. The number of rotatable bonds is 1. The monoisotopic (exact) mass is 212 g/mol. The van der Waals surface area contributed by atoms with Crippen molar-refractivity contribution in [2.24, 2.45) is 17.1 Å². The molecule has 1 aliphatic heterocycles. The molecule has 1 unspecified atom stereocenters. The molecule has 3 N–H and O–H groups in total. The van der Waals surface area contributed by atoms with Gasteiger partial charge >= 0.3 is 0 Å². The lowest BCUT2D eigenvalue weighted by atomic mass is 9.63. The number of nitrogens with two attached hydrogens (primary N) is 1. The molecule has 4 heteroatoms. The summed E-state index contributed by atoms with van der Waals surface area (Å²) in [5.41, 5.74) is 6.33. The van der Waals surface area contributed by atoms with Gasteiger partial charge in [-0.3, -0.25) is 0 Å². The van der Waals surface area contributed by atoms with Crippen molar-refractivity contribution >= 4 is 24.8 Å². The zero-order chi connectivity index (χ0) is 7.03. The average molecular weight is 213 g/mol. The van der Waals surface area contributed by atoms with E-state index in [1.54, 1.807) is 0 Å². The second-order valence-electron chi connectivity index (χ2n) is 3.78. The summed E-state index contributed by atoms with van der Waals surface area (Å²) in [5.74, 6) is 0.779. The van der Waals surface area contributed by atoms with E-state index in [4.69, 9.17) is 5.73 Å². The van der Waals surface area contributed by atoms with Gasteiger partial charge in [0.25, 0.3) is 0 Å². The molecule has 2 nitrogen and oxygen atoms in total. The zero-order valence-electron chi connectivity index (χ0n) is 7.21. The van der Waals surface area contributed by atoms with Crippen LogP contribution in [0.15, 0.2) is 0 Å². The van der Waals surface area contributed by atoms with Crippen LogP contribution in [-0.4, -0.2) is 19.6 Å². The lowest BCUT2D eigenvalue weighted by molar-refractivity contribution is 0.102. The number of hydrogen-bond acceptors (Lipinski definition) is 2.